The minimum absolute atomic E-state index is 0.0723. The summed E-state index contributed by atoms with van der Waals surface area (Å²) in [5.74, 6) is 1.49. The third kappa shape index (κ3) is 2.70. The van der Waals surface area contributed by atoms with Gasteiger partial charge in [-0.15, -0.1) is 0 Å². The van der Waals surface area contributed by atoms with Crippen molar-refractivity contribution >= 4 is 15.7 Å². The van der Waals surface area contributed by atoms with Crippen molar-refractivity contribution in [2.75, 3.05) is 24.6 Å². The van der Waals surface area contributed by atoms with E-state index in [1.165, 1.54) is 0 Å². The molecule has 0 aromatic carbocycles. The topological polar surface area (TPSA) is 80.7 Å². The zero-order chi connectivity index (χ0) is 13.3. The van der Waals surface area contributed by atoms with E-state index in [9.17, 15) is 8.42 Å². The van der Waals surface area contributed by atoms with Crippen LogP contribution in [0.2, 0.25) is 0 Å². The Labute approximate surface area is 111 Å². The van der Waals surface area contributed by atoms with Gasteiger partial charge in [0.2, 0.25) is 5.88 Å². The Morgan fingerprint density at radius 2 is 2.32 bits per heavy atom. The summed E-state index contributed by atoms with van der Waals surface area (Å²) in [5, 5.41) is 3.17. The van der Waals surface area contributed by atoms with Gasteiger partial charge in [-0.25, -0.2) is 13.4 Å². The van der Waals surface area contributed by atoms with Crippen LogP contribution in [0.15, 0.2) is 23.3 Å². The molecule has 3 rings (SSSR count). The second-order valence-electron chi connectivity index (χ2n) is 4.66. The maximum atomic E-state index is 11.4. The van der Waals surface area contributed by atoms with Gasteiger partial charge < -0.3 is 10.1 Å². The molecule has 0 bridgehead atoms. The second-order valence-corrected chi connectivity index (χ2v) is 6.88. The summed E-state index contributed by atoms with van der Waals surface area (Å²) < 4.78 is 28.6. The van der Waals surface area contributed by atoms with Crippen molar-refractivity contribution in [2.24, 2.45) is 4.99 Å². The van der Waals surface area contributed by atoms with Crippen LogP contribution in [-0.2, 0) is 9.84 Å². The van der Waals surface area contributed by atoms with Crippen LogP contribution in [0.3, 0.4) is 0 Å². The normalized spacial score (nSPS) is 24.8. The molecule has 0 saturated carbocycles. The summed E-state index contributed by atoms with van der Waals surface area (Å²) in [5.41, 5.74) is 0.796. The molecule has 0 amide bonds. The van der Waals surface area contributed by atoms with Gasteiger partial charge in [-0.05, 0) is 18.6 Å². The summed E-state index contributed by atoms with van der Waals surface area (Å²) in [7, 11) is -2.95. The first-order valence-electron chi connectivity index (χ1n) is 6.25. The molecule has 1 N–H and O–H groups in total. The number of aromatic nitrogens is 1. The molecule has 19 heavy (non-hydrogen) atoms. The lowest BCUT2D eigenvalue weighted by Gasteiger charge is -2.14. The number of sulfone groups is 1. The van der Waals surface area contributed by atoms with Gasteiger partial charge in [0.15, 0.2) is 9.84 Å². The molecule has 1 saturated heterocycles. The van der Waals surface area contributed by atoms with Crippen molar-refractivity contribution < 1.29 is 13.2 Å². The van der Waals surface area contributed by atoms with Gasteiger partial charge in [0.25, 0.3) is 0 Å². The summed E-state index contributed by atoms with van der Waals surface area (Å²) in [6.45, 7) is 1.54. The van der Waals surface area contributed by atoms with Crippen molar-refractivity contribution in [3.05, 3.63) is 23.9 Å². The van der Waals surface area contributed by atoms with Gasteiger partial charge in [-0.1, -0.05) is 0 Å². The van der Waals surface area contributed by atoms with E-state index < -0.39 is 9.84 Å². The first-order chi connectivity index (χ1) is 9.14. The third-order valence-electron chi connectivity index (χ3n) is 3.17. The average molecular weight is 281 g/mol. The van der Waals surface area contributed by atoms with Gasteiger partial charge in [0.1, 0.15) is 11.9 Å². The Morgan fingerprint density at radius 1 is 1.42 bits per heavy atom. The minimum atomic E-state index is -2.95. The Kier molecular flexibility index (Phi) is 3.14. The van der Waals surface area contributed by atoms with Crippen LogP contribution in [0, 0.1) is 0 Å². The molecule has 102 valence electrons. The fourth-order valence-corrected chi connectivity index (χ4v) is 3.84. The van der Waals surface area contributed by atoms with E-state index >= 15 is 0 Å². The molecule has 2 aliphatic heterocycles. The first kappa shape index (κ1) is 12.4. The Morgan fingerprint density at radius 3 is 3.00 bits per heavy atom. The average Bonchev–Trinajstić information content (AvgIpc) is 3.00. The number of amidine groups is 1. The van der Waals surface area contributed by atoms with Gasteiger partial charge in [0, 0.05) is 12.7 Å². The summed E-state index contributed by atoms with van der Waals surface area (Å²) in [6, 6.07) is 3.69. The molecule has 1 aromatic rings. The zero-order valence-electron chi connectivity index (χ0n) is 10.4. The molecule has 0 aliphatic carbocycles. The molecule has 2 aliphatic rings. The second kappa shape index (κ2) is 4.80. The number of ether oxygens (including phenoxy) is 1. The third-order valence-corrected chi connectivity index (χ3v) is 4.91. The van der Waals surface area contributed by atoms with Crippen molar-refractivity contribution in [1.29, 1.82) is 0 Å². The minimum Gasteiger partial charge on any atom is -0.473 e. The predicted octanol–water partition coefficient (Wildman–Crippen LogP) is -0.00270. The zero-order valence-corrected chi connectivity index (χ0v) is 11.2. The standard InChI is InChI=1S/C12H15N3O3S/c16-19(17)7-3-9(8-19)18-12-10(2-1-4-15-12)11-13-5-6-14-11/h1-2,4,9H,3,5-8H2,(H,13,14). The maximum absolute atomic E-state index is 11.4. The van der Waals surface area contributed by atoms with E-state index in [4.69, 9.17) is 4.74 Å². The summed E-state index contributed by atoms with van der Waals surface area (Å²) >= 11 is 0. The number of rotatable bonds is 3. The maximum Gasteiger partial charge on any atom is 0.224 e. The number of aliphatic imine (C=N–C) groups is 1. The Hall–Kier alpha value is -1.63. The van der Waals surface area contributed by atoms with E-state index in [1.807, 2.05) is 12.1 Å². The van der Waals surface area contributed by atoms with Crippen molar-refractivity contribution in [1.82, 2.24) is 10.3 Å². The highest BCUT2D eigenvalue weighted by Gasteiger charge is 2.30. The van der Waals surface area contributed by atoms with Gasteiger partial charge >= 0.3 is 0 Å². The molecule has 0 radical (unpaired) electrons. The molecule has 1 atom stereocenters. The van der Waals surface area contributed by atoms with Crippen LogP contribution < -0.4 is 10.1 Å². The molecule has 1 fully saturated rings. The quantitative estimate of drug-likeness (QED) is 0.843. The number of hydrogen-bond donors (Lipinski definition) is 1. The lowest BCUT2D eigenvalue weighted by atomic mass is 10.2. The highest BCUT2D eigenvalue weighted by molar-refractivity contribution is 7.91. The van der Waals surface area contributed by atoms with Gasteiger partial charge in [-0.3, -0.25) is 4.99 Å². The molecule has 1 unspecified atom stereocenters. The van der Waals surface area contributed by atoms with E-state index in [2.05, 4.69) is 15.3 Å². The number of hydrogen-bond acceptors (Lipinski definition) is 6. The largest absolute Gasteiger partial charge is 0.473 e. The fourth-order valence-electron chi connectivity index (χ4n) is 2.25. The SMILES string of the molecule is O=S1(=O)CCC(Oc2ncccc2C2=NCCN2)C1. The van der Waals surface area contributed by atoms with Gasteiger partial charge in [0.05, 0.1) is 23.6 Å². The first-order valence-corrected chi connectivity index (χ1v) is 8.07. The van der Waals surface area contributed by atoms with Crippen LogP contribution in [-0.4, -0.2) is 49.9 Å². The van der Waals surface area contributed by atoms with Gasteiger partial charge in [-0.2, -0.15) is 0 Å². The van der Waals surface area contributed by atoms with Crippen LogP contribution in [0.1, 0.15) is 12.0 Å². The Balaban J connectivity index is 1.81. The van der Waals surface area contributed by atoms with Crippen LogP contribution >= 0.6 is 0 Å². The molecule has 1 aromatic heterocycles. The number of nitrogens with zero attached hydrogens (tertiary/aromatic N) is 2. The molecule has 6 nitrogen and oxygen atoms in total. The molecule has 3 heterocycles. The van der Waals surface area contributed by atoms with E-state index in [0.29, 0.717) is 12.3 Å². The number of pyridine rings is 1. The van der Waals surface area contributed by atoms with E-state index in [0.717, 1.165) is 24.5 Å². The van der Waals surface area contributed by atoms with Crippen LogP contribution in [0.25, 0.3) is 0 Å². The van der Waals surface area contributed by atoms with E-state index in [-0.39, 0.29) is 17.6 Å². The lowest BCUT2D eigenvalue weighted by Crippen LogP contribution is -2.23. The highest BCUT2D eigenvalue weighted by Crippen LogP contribution is 2.22. The van der Waals surface area contributed by atoms with Crippen molar-refractivity contribution in [2.45, 2.75) is 12.5 Å². The molecular weight excluding hydrogens is 266 g/mol. The molecular formula is C12H15N3O3S. The fraction of sp³-hybridized carbons (Fsp3) is 0.500. The van der Waals surface area contributed by atoms with Crippen LogP contribution in [0.5, 0.6) is 5.88 Å². The highest BCUT2D eigenvalue weighted by atomic mass is 32.2. The predicted molar refractivity (Wildman–Crippen MR) is 71.3 cm³/mol. The number of nitrogens with one attached hydrogen (secondary N) is 1. The lowest BCUT2D eigenvalue weighted by molar-refractivity contribution is 0.219. The van der Waals surface area contributed by atoms with E-state index in [1.54, 1.807) is 6.20 Å². The van der Waals surface area contributed by atoms with Crippen molar-refractivity contribution in [3.63, 3.8) is 0 Å². The van der Waals surface area contributed by atoms with Crippen LogP contribution in [0.4, 0.5) is 0 Å². The summed E-state index contributed by atoms with van der Waals surface area (Å²) in [6.07, 6.45) is 1.86. The smallest absolute Gasteiger partial charge is 0.224 e. The summed E-state index contributed by atoms with van der Waals surface area (Å²) in [4.78, 5) is 8.53. The van der Waals surface area contributed by atoms with Crippen molar-refractivity contribution in [3.8, 4) is 5.88 Å². The Bertz CT molecular complexity index is 612. The monoisotopic (exact) mass is 281 g/mol. The molecule has 7 heteroatoms. The molecule has 0 spiro atoms.